The van der Waals surface area contributed by atoms with E-state index in [-0.39, 0.29) is 18.7 Å². The molecule has 0 saturated carbocycles. The Labute approximate surface area is 296 Å². The van der Waals surface area contributed by atoms with Crippen molar-refractivity contribution in [2.24, 2.45) is 0 Å². The molecule has 0 fully saturated rings. The van der Waals surface area contributed by atoms with Crippen LogP contribution in [0.4, 0.5) is 0 Å². The molecular weight excluding hydrogens is 576 g/mol. The Balaban J connectivity index is 3.18. The van der Waals surface area contributed by atoms with Gasteiger partial charge in [0.1, 0.15) is 6.10 Å². The highest BCUT2D eigenvalue weighted by atomic mass is 16.5. The Kier molecular flexibility index (Phi) is 40.6. The van der Waals surface area contributed by atoms with Gasteiger partial charge in [0.2, 0.25) is 0 Å². The molecule has 0 aromatic rings. The second kappa shape index (κ2) is 41.3. The lowest BCUT2D eigenvalue weighted by atomic mass is 10.0. The normalized spacial score (nSPS) is 12.3. The molecule has 47 heavy (non-hydrogen) atoms. The zero-order valence-electron chi connectivity index (χ0n) is 32.4. The average Bonchev–Trinajstić information content (AvgIpc) is 3.06. The molecule has 3 nitrogen and oxygen atoms in total. The molecule has 1 atom stereocenters. The van der Waals surface area contributed by atoms with Crippen LogP contribution in [0.25, 0.3) is 0 Å². The second-order valence-electron chi connectivity index (χ2n) is 14.9. The highest BCUT2D eigenvalue weighted by Gasteiger charge is 2.07. The predicted octanol–water partition coefficient (Wildman–Crippen LogP) is 14.9. The second-order valence-corrected chi connectivity index (χ2v) is 14.9. The fourth-order valence-electron chi connectivity index (χ4n) is 6.98. The molecule has 0 unspecified atom stereocenters. The van der Waals surface area contributed by atoms with E-state index in [0.717, 1.165) is 12.8 Å². The molecule has 0 bridgehead atoms. The lowest BCUT2D eigenvalue weighted by molar-refractivity contribution is -0.144. The van der Waals surface area contributed by atoms with Crippen LogP contribution in [0.5, 0.6) is 0 Å². The molecule has 0 aromatic carbocycles. The van der Waals surface area contributed by atoms with E-state index in [4.69, 9.17) is 9.84 Å². The SMILES string of the molecule is CCCCCCCCCCCCCCCCCCCCCCCCCCCCCCCCCCCCC[C@H](C=CCCO)OC(C)=O. The number of hydrogen-bond acceptors (Lipinski definition) is 3. The summed E-state index contributed by atoms with van der Waals surface area (Å²) in [5.74, 6) is -0.222. The van der Waals surface area contributed by atoms with E-state index in [9.17, 15) is 4.79 Å². The maximum absolute atomic E-state index is 11.3. The van der Waals surface area contributed by atoms with Gasteiger partial charge in [-0.15, -0.1) is 0 Å². The molecule has 0 aliphatic heterocycles. The molecular formula is C44H86O3. The van der Waals surface area contributed by atoms with Crippen LogP contribution in [0.3, 0.4) is 0 Å². The molecule has 3 heteroatoms. The van der Waals surface area contributed by atoms with Gasteiger partial charge in [0, 0.05) is 13.5 Å². The third kappa shape index (κ3) is 41.3. The van der Waals surface area contributed by atoms with E-state index in [1.165, 1.54) is 225 Å². The molecule has 0 rings (SSSR count). The number of ether oxygens (including phenoxy) is 1. The van der Waals surface area contributed by atoms with Crippen LogP contribution in [-0.4, -0.2) is 23.8 Å². The van der Waals surface area contributed by atoms with Crippen molar-refractivity contribution in [2.45, 2.75) is 258 Å². The van der Waals surface area contributed by atoms with Gasteiger partial charge in [0.05, 0.1) is 0 Å². The lowest BCUT2D eigenvalue weighted by Crippen LogP contribution is -2.13. The van der Waals surface area contributed by atoms with Crippen LogP contribution in [0, 0.1) is 0 Å². The summed E-state index contributed by atoms with van der Waals surface area (Å²) in [5, 5.41) is 8.91. The summed E-state index contributed by atoms with van der Waals surface area (Å²) in [6, 6.07) is 0. The fourth-order valence-corrected chi connectivity index (χ4v) is 6.98. The van der Waals surface area contributed by atoms with Gasteiger partial charge in [0.15, 0.2) is 0 Å². The van der Waals surface area contributed by atoms with Crippen molar-refractivity contribution < 1.29 is 14.6 Å². The first-order valence-electron chi connectivity index (χ1n) is 21.7. The average molecular weight is 663 g/mol. The van der Waals surface area contributed by atoms with Crippen LogP contribution in [0.2, 0.25) is 0 Å². The summed E-state index contributed by atoms with van der Waals surface area (Å²) in [7, 11) is 0. The Morgan fingerprint density at radius 1 is 0.468 bits per heavy atom. The van der Waals surface area contributed by atoms with Crippen LogP contribution >= 0.6 is 0 Å². The van der Waals surface area contributed by atoms with Crippen molar-refractivity contribution >= 4 is 5.97 Å². The lowest BCUT2D eigenvalue weighted by Gasteiger charge is -2.13. The topological polar surface area (TPSA) is 46.5 Å². The molecule has 0 saturated heterocycles. The van der Waals surface area contributed by atoms with Crippen molar-refractivity contribution in [3.05, 3.63) is 12.2 Å². The minimum atomic E-state index is -0.222. The summed E-state index contributed by atoms with van der Waals surface area (Å²) in [5.41, 5.74) is 0. The number of unbranched alkanes of at least 4 members (excludes halogenated alkanes) is 34. The maximum atomic E-state index is 11.3. The van der Waals surface area contributed by atoms with Crippen molar-refractivity contribution in [1.82, 2.24) is 0 Å². The van der Waals surface area contributed by atoms with Crippen molar-refractivity contribution in [1.29, 1.82) is 0 Å². The Morgan fingerprint density at radius 2 is 0.723 bits per heavy atom. The van der Waals surface area contributed by atoms with Gasteiger partial charge in [-0.3, -0.25) is 4.79 Å². The Morgan fingerprint density at radius 3 is 0.957 bits per heavy atom. The number of carbonyl (C=O) groups excluding carboxylic acids is 1. The van der Waals surface area contributed by atoms with Crippen molar-refractivity contribution in [3.8, 4) is 0 Å². The molecule has 0 spiro atoms. The summed E-state index contributed by atoms with van der Waals surface area (Å²) in [6.07, 6.45) is 55.3. The third-order valence-electron chi connectivity index (χ3n) is 10.1. The number of hydrogen-bond donors (Lipinski definition) is 1. The minimum Gasteiger partial charge on any atom is -0.458 e. The Hall–Kier alpha value is -0.830. The van der Waals surface area contributed by atoms with E-state index in [1.54, 1.807) is 0 Å². The summed E-state index contributed by atoms with van der Waals surface area (Å²) < 4.78 is 5.36. The molecule has 0 aromatic heterocycles. The fraction of sp³-hybridized carbons (Fsp3) is 0.932. The van der Waals surface area contributed by atoms with Crippen LogP contribution < -0.4 is 0 Å². The smallest absolute Gasteiger partial charge is 0.303 e. The zero-order valence-corrected chi connectivity index (χ0v) is 32.4. The van der Waals surface area contributed by atoms with Crippen LogP contribution in [0.15, 0.2) is 12.2 Å². The standard InChI is InChI=1S/C44H86O3/c1-3-4-5-6-7-8-9-10-11-12-13-14-15-16-17-18-19-20-21-22-23-24-25-26-27-28-29-30-31-32-33-34-35-36-37-40-44(47-43(2)46)41-38-39-42-45/h38,41,44-45H,3-37,39-40,42H2,1-2H3/t44-/m1/s1. The van der Waals surface area contributed by atoms with Crippen LogP contribution in [0.1, 0.15) is 251 Å². The van der Waals surface area contributed by atoms with Gasteiger partial charge >= 0.3 is 5.97 Å². The Bertz CT molecular complexity index is 615. The minimum absolute atomic E-state index is 0.132. The van der Waals surface area contributed by atoms with Gasteiger partial charge in [-0.05, 0) is 25.3 Å². The molecule has 0 aliphatic carbocycles. The van der Waals surface area contributed by atoms with Gasteiger partial charge < -0.3 is 9.84 Å². The molecule has 0 radical (unpaired) electrons. The first-order valence-corrected chi connectivity index (χ1v) is 21.7. The molecule has 0 amide bonds. The third-order valence-corrected chi connectivity index (χ3v) is 10.1. The number of aliphatic hydroxyl groups is 1. The maximum Gasteiger partial charge on any atom is 0.303 e. The number of aliphatic hydroxyl groups excluding tert-OH is 1. The summed E-state index contributed by atoms with van der Waals surface area (Å²) >= 11 is 0. The largest absolute Gasteiger partial charge is 0.458 e. The van der Waals surface area contributed by atoms with Crippen molar-refractivity contribution in [2.75, 3.05) is 6.61 Å². The van der Waals surface area contributed by atoms with Crippen LogP contribution in [-0.2, 0) is 9.53 Å². The summed E-state index contributed by atoms with van der Waals surface area (Å²) in [4.78, 5) is 11.3. The van der Waals surface area contributed by atoms with E-state index in [0.29, 0.717) is 6.42 Å². The van der Waals surface area contributed by atoms with E-state index < -0.39 is 0 Å². The molecule has 1 N–H and O–H groups in total. The number of rotatable bonds is 40. The van der Waals surface area contributed by atoms with Gasteiger partial charge in [-0.2, -0.15) is 0 Å². The van der Waals surface area contributed by atoms with Gasteiger partial charge in [-0.25, -0.2) is 0 Å². The quantitative estimate of drug-likeness (QED) is 0.0403. The zero-order chi connectivity index (χ0) is 34.1. The van der Waals surface area contributed by atoms with Gasteiger partial charge in [0.25, 0.3) is 0 Å². The summed E-state index contributed by atoms with van der Waals surface area (Å²) in [6.45, 7) is 3.92. The first kappa shape index (κ1) is 46.2. The van der Waals surface area contributed by atoms with Crippen molar-refractivity contribution in [3.63, 3.8) is 0 Å². The van der Waals surface area contributed by atoms with Gasteiger partial charge in [-0.1, -0.05) is 231 Å². The first-order chi connectivity index (χ1) is 23.2. The number of esters is 1. The monoisotopic (exact) mass is 663 g/mol. The number of carbonyl (C=O) groups is 1. The highest BCUT2D eigenvalue weighted by molar-refractivity contribution is 5.66. The highest BCUT2D eigenvalue weighted by Crippen LogP contribution is 2.18. The molecule has 0 heterocycles. The van der Waals surface area contributed by atoms with E-state index in [1.807, 2.05) is 12.2 Å². The van der Waals surface area contributed by atoms with E-state index >= 15 is 0 Å². The predicted molar refractivity (Wildman–Crippen MR) is 208 cm³/mol. The molecule has 0 aliphatic rings. The van der Waals surface area contributed by atoms with E-state index in [2.05, 4.69) is 6.92 Å². The molecule has 280 valence electrons.